The molecule has 0 aliphatic heterocycles. The number of carbonyl (C=O) groups excluding carboxylic acids is 1. The maximum atomic E-state index is 12.1. The van der Waals surface area contributed by atoms with E-state index < -0.39 is 0 Å². The molecule has 0 fully saturated rings. The van der Waals surface area contributed by atoms with Gasteiger partial charge in [-0.15, -0.1) is 0 Å². The Balaban J connectivity index is 3.49. The van der Waals surface area contributed by atoms with Gasteiger partial charge in [0.15, 0.2) is 0 Å². The highest BCUT2D eigenvalue weighted by Gasteiger charge is 2.07. The van der Waals surface area contributed by atoms with Crippen LogP contribution in [0.3, 0.4) is 0 Å². The third-order valence-corrected chi connectivity index (χ3v) is 9.30. The van der Waals surface area contributed by atoms with Gasteiger partial charge in [-0.3, -0.25) is 4.79 Å². The van der Waals surface area contributed by atoms with Gasteiger partial charge in [0.1, 0.15) is 6.61 Å². The van der Waals surface area contributed by atoms with Crippen LogP contribution in [-0.2, 0) is 9.53 Å². The summed E-state index contributed by atoms with van der Waals surface area (Å²) in [5, 5.41) is 0. The molecule has 0 aliphatic rings. The lowest BCUT2D eigenvalue weighted by atomic mass is 9.91. The molecule has 0 aromatic rings. The Morgan fingerprint density at radius 2 is 0.929 bits per heavy atom. The summed E-state index contributed by atoms with van der Waals surface area (Å²) in [5.41, 5.74) is 1.37. The van der Waals surface area contributed by atoms with Gasteiger partial charge < -0.3 is 4.74 Å². The van der Waals surface area contributed by atoms with Crippen molar-refractivity contribution in [3.63, 3.8) is 0 Å². The lowest BCUT2D eigenvalue weighted by molar-refractivity contribution is -0.142. The van der Waals surface area contributed by atoms with Gasteiger partial charge in [-0.05, 0) is 50.0 Å². The zero-order valence-corrected chi connectivity index (χ0v) is 29.9. The van der Waals surface area contributed by atoms with Crippen LogP contribution >= 0.6 is 0 Å². The maximum absolute atomic E-state index is 12.1. The third kappa shape index (κ3) is 32.1. The van der Waals surface area contributed by atoms with E-state index in [0.29, 0.717) is 13.0 Å². The number of unbranched alkanes of at least 4 members (excludes halogenated alkanes) is 16. The molecule has 0 heterocycles. The summed E-state index contributed by atoms with van der Waals surface area (Å²) >= 11 is 0. The number of ether oxygens (including phenoxy) is 1. The summed E-state index contributed by atoms with van der Waals surface area (Å²) in [4.78, 5) is 12.1. The summed E-state index contributed by atoms with van der Waals surface area (Å²) in [6.07, 6.45) is 37.9. The summed E-state index contributed by atoms with van der Waals surface area (Å²) < 4.78 is 5.47. The molecule has 0 N–H and O–H groups in total. The van der Waals surface area contributed by atoms with Crippen molar-refractivity contribution in [3.05, 3.63) is 11.6 Å². The molecule has 0 saturated heterocycles. The zero-order valence-electron chi connectivity index (χ0n) is 29.9. The van der Waals surface area contributed by atoms with Crippen LogP contribution in [0.25, 0.3) is 0 Å². The van der Waals surface area contributed by atoms with Crippen LogP contribution in [0, 0.1) is 17.8 Å². The molecular weight excluding hydrogens is 512 g/mol. The summed E-state index contributed by atoms with van der Waals surface area (Å²) in [5.74, 6) is 2.54. The first kappa shape index (κ1) is 41.2. The second kappa shape index (κ2) is 31.6. The van der Waals surface area contributed by atoms with Crippen molar-refractivity contribution < 1.29 is 9.53 Å². The fraction of sp³-hybridized carbons (Fsp3) is 0.925. The van der Waals surface area contributed by atoms with Crippen LogP contribution < -0.4 is 0 Å². The van der Waals surface area contributed by atoms with Crippen LogP contribution in [0.4, 0.5) is 0 Å². The Kier molecular flexibility index (Phi) is 31.0. The minimum absolute atomic E-state index is 0.0212. The highest BCUT2D eigenvalue weighted by atomic mass is 16.5. The van der Waals surface area contributed by atoms with E-state index >= 15 is 0 Å². The quantitative estimate of drug-likeness (QED) is 0.0442. The first-order valence-corrected chi connectivity index (χ1v) is 19.2. The number of hydrogen-bond donors (Lipinski definition) is 0. The molecular formula is C40H78O2. The molecule has 2 nitrogen and oxygen atoms in total. The Morgan fingerprint density at radius 3 is 1.38 bits per heavy atom. The van der Waals surface area contributed by atoms with Crippen LogP contribution in [0.2, 0.25) is 0 Å². The molecule has 2 atom stereocenters. The van der Waals surface area contributed by atoms with Crippen LogP contribution in [0.5, 0.6) is 0 Å². The Labute approximate surface area is 266 Å². The number of rotatable bonds is 32. The minimum atomic E-state index is -0.0212. The summed E-state index contributed by atoms with van der Waals surface area (Å²) in [7, 11) is 0. The van der Waals surface area contributed by atoms with E-state index in [0.717, 1.165) is 37.0 Å². The van der Waals surface area contributed by atoms with E-state index in [2.05, 4.69) is 47.6 Å². The molecule has 250 valence electrons. The predicted octanol–water partition coefficient (Wildman–Crippen LogP) is 14.0. The molecule has 0 unspecified atom stereocenters. The molecule has 0 amide bonds. The molecule has 0 rings (SSSR count). The van der Waals surface area contributed by atoms with Gasteiger partial charge >= 0.3 is 5.97 Å². The van der Waals surface area contributed by atoms with Crippen molar-refractivity contribution in [2.75, 3.05) is 6.61 Å². The standard InChI is InChI=1S/C40H78O2/c1-7-8-9-10-11-12-13-14-15-16-17-18-19-20-21-22-23-33-40(41)42-35-34-39(6)32-26-31-38(5)30-25-29-37(4)28-24-27-36(2)3/h34,36-38H,7-33,35H2,1-6H3/b39-34+/t37-,38-/m1/s1. The van der Waals surface area contributed by atoms with Gasteiger partial charge in [-0.25, -0.2) is 0 Å². The first-order valence-electron chi connectivity index (χ1n) is 19.2. The molecule has 0 radical (unpaired) electrons. The van der Waals surface area contributed by atoms with Gasteiger partial charge in [0, 0.05) is 6.42 Å². The van der Waals surface area contributed by atoms with Gasteiger partial charge in [-0.1, -0.05) is 188 Å². The molecule has 0 aromatic carbocycles. The monoisotopic (exact) mass is 591 g/mol. The van der Waals surface area contributed by atoms with Gasteiger partial charge in [0.05, 0.1) is 0 Å². The fourth-order valence-electron chi connectivity index (χ4n) is 6.15. The average Bonchev–Trinajstić information content (AvgIpc) is 2.94. The van der Waals surface area contributed by atoms with Crippen molar-refractivity contribution in [1.82, 2.24) is 0 Å². The van der Waals surface area contributed by atoms with E-state index in [1.165, 1.54) is 153 Å². The third-order valence-electron chi connectivity index (χ3n) is 9.30. The number of hydrogen-bond acceptors (Lipinski definition) is 2. The minimum Gasteiger partial charge on any atom is -0.461 e. The molecule has 0 aromatic heterocycles. The topological polar surface area (TPSA) is 26.3 Å². The van der Waals surface area contributed by atoms with Crippen LogP contribution in [-0.4, -0.2) is 12.6 Å². The maximum Gasteiger partial charge on any atom is 0.306 e. The fourth-order valence-corrected chi connectivity index (χ4v) is 6.15. The molecule has 0 bridgehead atoms. The predicted molar refractivity (Wildman–Crippen MR) is 188 cm³/mol. The largest absolute Gasteiger partial charge is 0.461 e. The second-order valence-corrected chi connectivity index (χ2v) is 14.5. The van der Waals surface area contributed by atoms with Crippen LogP contribution in [0.15, 0.2) is 11.6 Å². The molecule has 0 spiro atoms. The summed E-state index contributed by atoms with van der Waals surface area (Å²) in [6.45, 7) is 14.5. The Morgan fingerprint density at radius 1 is 0.524 bits per heavy atom. The Hall–Kier alpha value is -0.790. The lowest BCUT2D eigenvalue weighted by Gasteiger charge is -2.15. The summed E-state index contributed by atoms with van der Waals surface area (Å²) in [6, 6.07) is 0. The second-order valence-electron chi connectivity index (χ2n) is 14.5. The molecule has 0 saturated carbocycles. The van der Waals surface area contributed by atoms with E-state index in [4.69, 9.17) is 4.74 Å². The average molecular weight is 591 g/mol. The smallest absolute Gasteiger partial charge is 0.306 e. The van der Waals surface area contributed by atoms with E-state index in [9.17, 15) is 4.79 Å². The van der Waals surface area contributed by atoms with Crippen LogP contribution in [0.1, 0.15) is 215 Å². The van der Waals surface area contributed by atoms with Crippen molar-refractivity contribution in [2.45, 2.75) is 215 Å². The first-order chi connectivity index (χ1) is 20.3. The number of esters is 1. The van der Waals surface area contributed by atoms with Crippen molar-refractivity contribution in [1.29, 1.82) is 0 Å². The van der Waals surface area contributed by atoms with E-state index in [1.54, 1.807) is 0 Å². The zero-order chi connectivity index (χ0) is 31.1. The lowest BCUT2D eigenvalue weighted by Crippen LogP contribution is -2.04. The molecule has 0 aliphatic carbocycles. The normalized spacial score (nSPS) is 13.5. The number of carbonyl (C=O) groups is 1. The highest BCUT2D eigenvalue weighted by Crippen LogP contribution is 2.22. The SMILES string of the molecule is CCCCCCCCCCCCCCCCCCCC(=O)OC/C=C(\C)CCC[C@H](C)CCC[C@H](C)CCCC(C)C. The van der Waals surface area contributed by atoms with E-state index in [1.807, 2.05) is 0 Å². The number of allylic oxidation sites excluding steroid dienone is 1. The van der Waals surface area contributed by atoms with Gasteiger partial charge in [0.2, 0.25) is 0 Å². The van der Waals surface area contributed by atoms with Crippen molar-refractivity contribution >= 4 is 5.97 Å². The van der Waals surface area contributed by atoms with Crippen molar-refractivity contribution in [2.24, 2.45) is 17.8 Å². The Bertz CT molecular complexity index is 592. The molecule has 42 heavy (non-hydrogen) atoms. The van der Waals surface area contributed by atoms with Crippen molar-refractivity contribution in [3.8, 4) is 0 Å². The highest BCUT2D eigenvalue weighted by molar-refractivity contribution is 5.69. The van der Waals surface area contributed by atoms with E-state index in [-0.39, 0.29) is 5.97 Å². The molecule has 2 heteroatoms. The van der Waals surface area contributed by atoms with Gasteiger partial charge in [-0.2, -0.15) is 0 Å². The van der Waals surface area contributed by atoms with Gasteiger partial charge in [0.25, 0.3) is 0 Å².